The Kier molecular flexibility index (Phi) is 3.80. The van der Waals surface area contributed by atoms with Crippen LogP contribution in [0.5, 0.6) is 0 Å². The van der Waals surface area contributed by atoms with Gasteiger partial charge in [-0.1, -0.05) is 49.4 Å². The molecule has 1 heterocycles. The molecule has 2 aromatic carbocycles. The number of pyridine rings is 1. The van der Waals surface area contributed by atoms with Crippen molar-refractivity contribution < 1.29 is 0 Å². The van der Waals surface area contributed by atoms with Gasteiger partial charge in [0, 0.05) is 16.6 Å². The Morgan fingerprint density at radius 1 is 1.16 bits per heavy atom. The van der Waals surface area contributed by atoms with Gasteiger partial charge in [0.05, 0.1) is 5.52 Å². The first-order valence-electron chi connectivity index (χ1n) is 8.95. The van der Waals surface area contributed by atoms with Crippen molar-refractivity contribution in [3.05, 3.63) is 88.1 Å². The Bertz CT molecular complexity index is 1040. The first-order chi connectivity index (χ1) is 12.0. The van der Waals surface area contributed by atoms with Crippen molar-refractivity contribution in [1.82, 2.24) is 4.98 Å². The van der Waals surface area contributed by atoms with E-state index in [1.165, 1.54) is 33.2 Å². The van der Waals surface area contributed by atoms with Crippen molar-refractivity contribution in [3.8, 4) is 0 Å². The van der Waals surface area contributed by atoms with Crippen LogP contribution in [-0.2, 0) is 12.8 Å². The highest BCUT2D eigenvalue weighted by atomic mass is 14.7. The van der Waals surface area contributed by atoms with Crippen molar-refractivity contribution in [3.63, 3.8) is 0 Å². The topological polar surface area (TPSA) is 12.9 Å². The van der Waals surface area contributed by atoms with Crippen LogP contribution in [0.4, 0.5) is 0 Å². The lowest BCUT2D eigenvalue weighted by atomic mass is 9.99. The van der Waals surface area contributed by atoms with Crippen LogP contribution < -0.4 is 0 Å². The fraction of sp³-hybridized carbons (Fsp3) is 0.208. The van der Waals surface area contributed by atoms with Gasteiger partial charge in [-0.3, -0.25) is 4.98 Å². The molecular weight excluding hydrogens is 302 g/mol. The molecule has 0 fully saturated rings. The van der Waals surface area contributed by atoms with Gasteiger partial charge in [-0.15, -0.1) is 0 Å². The van der Waals surface area contributed by atoms with Gasteiger partial charge in [0.1, 0.15) is 0 Å². The van der Waals surface area contributed by atoms with E-state index in [0.717, 1.165) is 35.2 Å². The summed E-state index contributed by atoms with van der Waals surface area (Å²) < 4.78 is 0. The average molecular weight is 325 g/mol. The summed E-state index contributed by atoms with van der Waals surface area (Å²) in [5.74, 6) is 0. The van der Waals surface area contributed by atoms with E-state index in [4.69, 9.17) is 4.98 Å². The molecule has 1 heteroatoms. The van der Waals surface area contributed by atoms with Crippen molar-refractivity contribution in [2.45, 2.75) is 33.6 Å². The van der Waals surface area contributed by atoms with Crippen LogP contribution in [0.3, 0.4) is 0 Å². The van der Waals surface area contributed by atoms with Crippen molar-refractivity contribution >= 4 is 22.6 Å². The number of rotatable bonds is 4. The summed E-state index contributed by atoms with van der Waals surface area (Å²) in [6.45, 7) is 10.8. The molecule has 0 bridgehead atoms. The Hall–Kier alpha value is -2.67. The number of aryl methyl sites for hydroxylation is 3. The fourth-order valence-corrected chi connectivity index (χ4v) is 3.52. The first kappa shape index (κ1) is 15.8. The third-order valence-electron chi connectivity index (χ3n) is 5.04. The molecule has 0 unspecified atom stereocenters. The van der Waals surface area contributed by atoms with Gasteiger partial charge in [-0.25, -0.2) is 0 Å². The molecule has 0 saturated carbocycles. The van der Waals surface area contributed by atoms with Crippen molar-refractivity contribution in [2.24, 2.45) is 0 Å². The lowest BCUT2D eigenvalue weighted by Gasteiger charge is -2.10. The Morgan fingerprint density at radius 3 is 2.76 bits per heavy atom. The van der Waals surface area contributed by atoms with E-state index in [2.05, 4.69) is 75.9 Å². The van der Waals surface area contributed by atoms with Crippen LogP contribution in [0.25, 0.3) is 22.6 Å². The van der Waals surface area contributed by atoms with Crippen LogP contribution >= 0.6 is 0 Å². The summed E-state index contributed by atoms with van der Waals surface area (Å²) >= 11 is 0. The second-order valence-electron chi connectivity index (χ2n) is 7.04. The molecule has 1 aromatic heterocycles. The molecular formula is C24H23N. The quantitative estimate of drug-likeness (QED) is 0.416. The number of hydrogen-bond donors (Lipinski definition) is 0. The highest BCUT2D eigenvalue weighted by Gasteiger charge is 2.19. The van der Waals surface area contributed by atoms with Crippen molar-refractivity contribution in [2.75, 3.05) is 0 Å². The summed E-state index contributed by atoms with van der Waals surface area (Å²) in [5, 5.41) is 1.18. The lowest BCUT2D eigenvalue weighted by Crippen LogP contribution is -1.96. The number of benzene rings is 2. The summed E-state index contributed by atoms with van der Waals surface area (Å²) in [5.41, 5.74) is 11.3. The van der Waals surface area contributed by atoms with Crippen LogP contribution in [0.15, 0.2) is 49.1 Å². The molecule has 0 N–H and O–H groups in total. The molecule has 1 nitrogen and oxygen atoms in total. The maximum absolute atomic E-state index is 4.85. The van der Waals surface area contributed by atoms with Gasteiger partial charge in [0.2, 0.25) is 0 Å². The van der Waals surface area contributed by atoms with Gasteiger partial charge >= 0.3 is 0 Å². The molecule has 3 aromatic rings. The monoisotopic (exact) mass is 325 g/mol. The molecule has 0 atom stereocenters. The maximum atomic E-state index is 4.85. The second kappa shape index (κ2) is 6.00. The third-order valence-corrected chi connectivity index (χ3v) is 5.04. The average Bonchev–Trinajstić information content (AvgIpc) is 3.38. The summed E-state index contributed by atoms with van der Waals surface area (Å²) in [4.78, 5) is 4.85. The molecule has 0 spiro atoms. The second-order valence-corrected chi connectivity index (χ2v) is 7.04. The van der Waals surface area contributed by atoms with Crippen LogP contribution in [-0.4, -0.2) is 4.98 Å². The molecule has 1 aliphatic rings. The Balaban J connectivity index is 1.70. The van der Waals surface area contributed by atoms with E-state index < -0.39 is 0 Å². The van der Waals surface area contributed by atoms with Gasteiger partial charge in [0.25, 0.3) is 0 Å². The van der Waals surface area contributed by atoms with Gasteiger partial charge in [0.15, 0.2) is 0 Å². The fourth-order valence-electron chi connectivity index (χ4n) is 3.52. The van der Waals surface area contributed by atoms with Gasteiger partial charge < -0.3 is 0 Å². The van der Waals surface area contributed by atoms with E-state index in [1.807, 2.05) is 0 Å². The molecule has 0 amide bonds. The number of hydrogen-bond acceptors (Lipinski definition) is 1. The predicted molar refractivity (Wildman–Crippen MR) is 108 cm³/mol. The Labute approximate surface area is 149 Å². The maximum Gasteiger partial charge on any atom is 0.0705 e. The van der Waals surface area contributed by atoms with E-state index >= 15 is 0 Å². The van der Waals surface area contributed by atoms with E-state index in [0.29, 0.717) is 0 Å². The minimum atomic E-state index is 0.907. The SMILES string of the molecule is C=C(/C=C/c1cc(C)c2c(c1)C2)c1cc2cc(C)ccc2nc1CC. The highest BCUT2D eigenvalue weighted by molar-refractivity contribution is 5.87. The highest BCUT2D eigenvalue weighted by Crippen LogP contribution is 2.33. The van der Waals surface area contributed by atoms with Crippen LogP contribution in [0.2, 0.25) is 0 Å². The Morgan fingerprint density at radius 2 is 2.00 bits per heavy atom. The molecule has 0 aliphatic heterocycles. The van der Waals surface area contributed by atoms with Gasteiger partial charge in [-0.05, 0) is 72.7 Å². The molecule has 0 radical (unpaired) electrons. The van der Waals surface area contributed by atoms with Crippen LogP contribution in [0, 0.1) is 13.8 Å². The van der Waals surface area contributed by atoms with Crippen molar-refractivity contribution in [1.29, 1.82) is 0 Å². The normalized spacial score (nSPS) is 12.6. The summed E-state index contributed by atoms with van der Waals surface area (Å²) in [6.07, 6.45) is 6.37. The number of nitrogens with zero attached hydrogens (tertiary/aromatic N) is 1. The molecule has 124 valence electrons. The van der Waals surface area contributed by atoms with E-state index in [1.54, 1.807) is 0 Å². The molecule has 4 rings (SSSR count). The minimum absolute atomic E-state index is 0.907. The zero-order chi connectivity index (χ0) is 17.6. The van der Waals surface area contributed by atoms with E-state index in [-0.39, 0.29) is 0 Å². The molecule has 25 heavy (non-hydrogen) atoms. The van der Waals surface area contributed by atoms with Crippen LogP contribution in [0.1, 0.15) is 46.0 Å². The zero-order valence-electron chi connectivity index (χ0n) is 15.2. The summed E-state index contributed by atoms with van der Waals surface area (Å²) in [6, 6.07) is 13.2. The first-order valence-corrected chi connectivity index (χ1v) is 8.95. The third kappa shape index (κ3) is 3.02. The standard InChI is InChI=1S/C24H23N/c1-5-23-22(14-20-10-15(2)6-9-24(20)25-23)16(3)7-8-18-11-17(4)21-13-19(21)12-18/h6-12,14H,3,5,13H2,1-2,4H3/b8-7+. The smallest absolute Gasteiger partial charge is 0.0705 e. The molecule has 1 aliphatic carbocycles. The number of fused-ring (bicyclic) bond motifs is 2. The van der Waals surface area contributed by atoms with E-state index in [9.17, 15) is 0 Å². The number of allylic oxidation sites excluding steroid dienone is 2. The molecule has 0 saturated heterocycles. The van der Waals surface area contributed by atoms with Gasteiger partial charge in [-0.2, -0.15) is 0 Å². The largest absolute Gasteiger partial charge is 0.252 e. The number of aromatic nitrogens is 1. The lowest BCUT2D eigenvalue weighted by molar-refractivity contribution is 1.05. The minimum Gasteiger partial charge on any atom is -0.252 e. The zero-order valence-corrected chi connectivity index (χ0v) is 15.2. The predicted octanol–water partition coefficient (Wildman–Crippen LogP) is 6.04. The summed E-state index contributed by atoms with van der Waals surface area (Å²) in [7, 11) is 0.